The van der Waals surface area contributed by atoms with Crippen LogP contribution < -0.4 is 4.74 Å². The van der Waals surface area contributed by atoms with Gasteiger partial charge in [0.1, 0.15) is 6.61 Å². The van der Waals surface area contributed by atoms with Gasteiger partial charge in [-0.25, -0.2) is 0 Å². The first-order chi connectivity index (χ1) is 6.93. The maximum absolute atomic E-state index is 5.36. The van der Waals surface area contributed by atoms with E-state index in [0.717, 1.165) is 12.4 Å². The number of benzene rings is 1. The molecule has 0 spiro atoms. The molecule has 0 unspecified atom stereocenters. The molecule has 1 aromatic rings. The molecule has 0 aliphatic carbocycles. The van der Waals surface area contributed by atoms with Crippen LogP contribution in [0.15, 0.2) is 24.3 Å². The number of hydrogen-bond acceptors (Lipinski definition) is 2. The molecular formula is C10H13BrO2Zn. The summed E-state index contributed by atoms with van der Waals surface area (Å²) in [5.74, 6) is 0.869. The molecule has 74 valence electrons. The Labute approximate surface area is 102 Å². The summed E-state index contributed by atoms with van der Waals surface area (Å²) in [6, 6.07) is 10.3. The van der Waals surface area contributed by atoms with Crippen molar-refractivity contribution < 1.29 is 25.8 Å². The number of halogens is 1. The standard InChI is InChI=1S/C10H13O2.BrH.Zn/c1-2-11-8-9-12-10-6-4-3-5-7-10;;/h4-7H,2,8-9H2,1H3;1H;/q-1;;+2/p-1. The third-order valence-corrected chi connectivity index (χ3v) is 1.39. The molecule has 0 radical (unpaired) electrons. The molecule has 1 rings (SSSR count). The summed E-state index contributed by atoms with van der Waals surface area (Å²) >= 11 is 4.25. The summed E-state index contributed by atoms with van der Waals surface area (Å²) in [5, 5.41) is 0. The van der Waals surface area contributed by atoms with E-state index < -0.39 is 0 Å². The fourth-order valence-corrected chi connectivity index (χ4v) is 0.831. The van der Waals surface area contributed by atoms with E-state index in [4.69, 9.17) is 9.47 Å². The van der Waals surface area contributed by atoms with Crippen LogP contribution in [0.4, 0.5) is 0 Å². The molecule has 14 heavy (non-hydrogen) atoms. The van der Waals surface area contributed by atoms with E-state index in [2.05, 4.69) is 19.7 Å². The molecule has 0 saturated heterocycles. The second-order valence-corrected chi connectivity index (χ2v) is 2.28. The normalized spacial score (nSPS) is 8.86. The number of hydrogen-bond donors (Lipinski definition) is 0. The maximum atomic E-state index is 5.36. The molecular weight excluding hydrogens is 297 g/mol. The third-order valence-electron chi connectivity index (χ3n) is 1.39. The van der Waals surface area contributed by atoms with Crippen molar-refractivity contribution in [3.63, 3.8) is 0 Å². The van der Waals surface area contributed by atoms with Gasteiger partial charge in [-0.15, -0.1) is 12.1 Å². The molecule has 0 atom stereocenters. The third kappa shape index (κ3) is 7.48. The van der Waals surface area contributed by atoms with E-state index in [0.29, 0.717) is 13.2 Å². The Morgan fingerprint density at radius 2 is 1.93 bits per heavy atom. The van der Waals surface area contributed by atoms with Gasteiger partial charge in [-0.3, -0.25) is 0 Å². The van der Waals surface area contributed by atoms with Crippen molar-refractivity contribution >= 4 is 13.6 Å². The Morgan fingerprint density at radius 1 is 1.29 bits per heavy atom. The van der Waals surface area contributed by atoms with Gasteiger partial charge >= 0.3 is 30.0 Å². The van der Waals surface area contributed by atoms with Crippen molar-refractivity contribution in [2.45, 2.75) is 6.92 Å². The molecule has 4 heteroatoms. The molecule has 0 saturated carbocycles. The van der Waals surface area contributed by atoms with Gasteiger partial charge in [-0.05, 0) is 6.92 Å². The van der Waals surface area contributed by atoms with Gasteiger partial charge in [0.05, 0.1) is 6.61 Å². The van der Waals surface area contributed by atoms with Crippen LogP contribution in [0.1, 0.15) is 6.92 Å². The molecule has 0 bridgehead atoms. The van der Waals surface area contributed by atoms with E-state index in [9.17, 15) is 0 Å². The van der Waals surface area contributed by atoms with Gasteiger partial charge in [0, 0.05) is 12.4 Å². The number of ether oxygens (including phenoxy) is 2. The van der Waals surface area contributed by atoms with Crippen LogP contribution in [-0.2, 0) is 21.1 Å². The minimum atomic E-state index is 0.609. The first-order valence-corrected chi connectivity index (χ1v) is 11.3. The van der Waals surface area contributed by atoms with Gasteiger partial charge < -0.3 is 9.47 Å². The molecule has 2 nitrogen and oxygen atoms in total. The summed E-state index contributed by atoms with van der Waals surface area (Å²) in [6.07, 6.45) is 0. The van der Waals surface area contributed by atoms with Gasteiger partial charge in [-0.2, -0.15) is 18.2 Å². The Morgan fingerprint density at radius 3 is 2.50 bits per heavy atom. The predicted octanol–water partition coefficient (Wildman–Crippen LogP) is 2.75. The zero-order chi connectivity index (χ0) is 10.6. The van der Waals surface area contributed by atoms with Crippen LogP contribution in [0.2, 0.25) is 0 Å². The number of rotatable bonds is 5. The van der Waals surface area contributed by atoms with Gasteiger partial charge in [0.15, 0.2) is 0 Å². The van der Waals surface area contributed by atoms with Crippen molar-refractivity contribution in [3.8, 4) is 5.75 Å². The molecule has 0 N–H and O–H groups in total. The Kier molecular flexibility index (Phi) is 11.2. The fraction of sp³-hybridized carbons (Fsp3) is 0.400. The second-order valence-electron chi connectivity index (χ2n) is 2.28. The molecule has 1 aromatic carbocycles. The molecule has 0 heterocycles. The van der Waals surface area contributed by atoms with Crippen LogP contribution in [-0.4, -0.2) is 19.8 Å². The summed E-state index contributed by atoms with van der Waals surface area (Å²) in [5.41, 5.74) is 0. The van der Waals surface area contributed by atoms with E-state index >= 15 is 0 Å². The van der Waals surface area contributed by atoms with Crippen molar-refractivity contribution in [1.29, 1.82) is 0 Å². The average Bonchev–Trinajstić information content (AvgIpc) is 2.29. The zero-order valence-corrected chi connectivity index (χ0v) is 12.9. The Balaban J connectivity index is 0.000000791. The summed E-state index contributed by atoms with van der Waals surface area (Å²) < 4.78 is 10.5. The Hall–Kier alpha value is 0.0834. The SMILES string of the molecule is CCOCCOc1cc[c-]cc1.[Zn+][Br]. The van der Waals surface area contributed by atoms with Crippen LogP contribution >= 0.6 is 13.6 Å². The average molecular weight is 311 g/mol. The minimum absolute atomic E-state index is 0.609. The van der Waals surface area contributed by atoms with Gasteiger partial charge in [0.25, 0.3) is 0 Å². The van der Waals surface area contributed by atoms with E-state index in [1.807, 2.05) is 31.2 Å². The van der Waals surface area contributed by atoms with Crippen molar-refractivity contribution in [2.24, 2.45) is 0 Å². The fourth-order valence-electron chi connectivity index (χ4n) is 0.831. The topological polar surface area (TPSA) is 18.5 Å². The van der Waals surface area contributed by atoms with Crippen LogP contribution in [0.3, 0.4) is 0 Å². The molecule has 0 aliphatic rings. The predicted molar refractivity (Wildman–Crippen MR) is 56.2 cm³/mol. The van der Waals surface area contributed by atoms with Crippen molar-refractivity contribution in [2.75, 3.05) is 19.8 Å². The summed E-state index contributed by atoms with van der Waals surface area (Å²) in [7, 11) is 0. The van der Waals surface area contributed by atoms with Crippen molar-refractivity contribution in [3.05, 3.63) is 30.3 Å². The van der Waals surface area contributed by atoms with Gasteiger partial charge in [-0.1, -0.05) is 0 Å². The molecule has 0 amide bonds. The van der Waals surface area contributed by atoms with Gasteiger partial charge in [0.2, 0.25) is 0 Å². The molecule has 0 fully saturated rings. The van der Waals surface area contributed by atoms with Crippen molar-refractivity contribution in [1.82, 2.24) is 0 Å². The van der Waals surface area contributed by atoms with E-state index in [1.165, 1.54) is 16.3 Å². The van der Waals surface area contributed by atoms with E-state index in [-0.39, 0.29) is 0 Å². The first kappa shape index (κ1) is 14.1. The molecule has 0 aliphatic heterocycles. The van der Waals surface area contributed by atoms with E-state index in [1.54, 1.807) is 0 Å². The summed E-state index contributed by atoms with van der Waals surface area (Å²) in [6.45, 7) is 3.97. The quantitative estimate of drug-likeness (QED) is 0.473. The first-order valence-electron chi connectivity index (χ1n) is 4.37. The zero-order valence-electron chi connectivity index (χ0n) is 8.33. The van der Waals surface area contributed by atoms with Crippen LogP contribution in [0.25, 0.3) is 0 Å². The second kappa shape index (κ2) is 11.2. The monoisotopic (exact) mass is 308 g/mol. The van der Waals surface area contributed by atoms with Crippen LogP contribution in [0, 0.1) is 6.07 Å². The summed E-state index contributed by atoms with van der Waals surface area (Å²) in [4.78, 5) is 0. The Bertz CT molecular complexity index is 207. The van der Waals surface area contributed by atoms with Crippen LogP contribution in [0.5, 0.6) is 5.75 Å². The molecule has 0 aromatic heterocycles.